The molecular formula is C10H12N2O5. The van der Waals surface area contributed by atoms with E-state index in [1.54, 1.807) is 0 Å². The molecule has 0 saturated carbocycles. The Bertz CT molecular complexity index is 422. The molecule has 0 aliphatic carbocycles. The van der Waals surface area contributed by atoms with Crippen molar-refractivity contribution in [3.63, 3.8) is 0 Å². The summed E-state index contributed by atoms with van der Waals surface area (Å²) in [5, 5.41) is 5.94. The molecule has 1 N–H and O–H groups in total. The van der Waals surface area contributed by atoms with Crippen molar-refractivity contribution in [2.45, 2.75) is 18.9 Å². The normalized spacial score (nSPS) is 19.0. The molecule has 1 aliphatic rings. The van der Waals surface area contributed by atoms with Gasteiger partial charge in [0, 0.05) is 12.7 Å². The fourth-order valence-electron chi connectivity index (χ4n) is 1.52. The van der Waals surface area contributed by atoms with Gasteiger partial charge < -0.3 is 14.0 Å². The van der Waals surface area contributed by atoms with Crippen molar-refractivity contribution >= 4 is 17.8 Å². The number of nitrogens with one attached hydrogen (secondary N) is 1. The van der Waals surface area contributed by atoms with Crippen LogP contribution in [-0.2, 0) is 14.3 Å². The third-order valence-corrected chi connectivity index (χ3v) is 2.37. The van der Waals surface area contributed by atoms with Crippen LogP contribution in [-0.4, -0.2) is 36.9 Å². The molecule has 0 unspecified atom stereocenters. The van der Waals surface area contributed by atoms with E-state index in [-0.39, 0.29) is 17.5 Å². The highest BCUT2D eigenvalue weighted by Gasteiger charge is 2.25. The minimum absolute atomic E-state index is 0.00939. The lowest BCUT2D eigenvalue weighted by molar-refractivity contribution is -0.124. The zero-order valence-corrected chi connectivity index (χ0v) is 9.26. The summed E-state index contributed by atoms with van der Waals surface area (Å²) in [5.41, 5.74) is 0.00939. The minimum atomic E-state index is -0.619. The van der Waals surface area contributed by atoms with Gasteiger partial charge in [-0.3, -0.25) is 10.1 Å². The van der Waals surface area contributed by atoms with Crippen LogP contribution >= 0.6 is 0 Å². The quantitative estimate of drug-likeness (QED) is 0.777. The van der Waals surface area contributed by atoms with E-state index in [1.165, 1.54) is 13.2 Å². The van der Waals surface area contributed by atoms with Gasteiger partial charge in [-0.25, -0.2) is 4.79 Å². The van der Waals surface area contributed by atoms with Crippen molar-refractivity contribution < 1.29 is 23.6 Å². The van der Waals surface area contributed by atoms with Gasteiger partial charge >= 0.3 is 5.97 Å². The van der Waals surface area contributed by atoms with Crippen molar-refractivity contribution in [1.82, 2.24) is 5.16 Å². The Morgan fingerprint density at radius 3 is 3.06 bits per heavy atom. The lowest BCUT2D eigenvalue weighted by Crippen LogP contribution is -2.26. The number of amides is 1. The summed E-state index contributed by atoms with van der Waals surface area (Å²) in [6.45, 7) is 0.585. The number of ether oxygens (including phenoxy) is 2. The molecule has 0 bridgehead atoms. The molecule has 1 saturated heterocycles. The highest BCUT2D eigenvalue weighted by Crippen LogP contribution is 2.16. The van der Waals surface area contributed by atoms with Crippen LogP contribution in [0.25, 0.3) is 0 Å². The predicted octanol–water partition coefficient (Wildman–Crippen LogP) is 0.579. The van der Waals surface area contributed by atoms with Crippen molar-refractivity contribution in [2.24, 2.45) is 0 Å². The highest BCUT2D eigenvalue weighted by molar-refractivity contribution is 5.94. The van der Waals surface area contributed by atoms with Gasteiger partial charge in [0.2, 0.25) is 5.88 Å². The van der Waals surface area contributed by atoms with Crippen LogP contribution in [0.5, 0.6) is 0 Å². The molecule has 2 rings (SSSR count). The number of rotatable bonds is 3. The average Bonchev–Trinajstić information content (AvgIpc) is 2.98. The average molecular weight is 240 g/mol. The molecule has 1 atom stereocenters. The predicted molar refractivity (Wildman–Crippen MR) is 55.4 cm³/mol. The fraction of sp³-hybridized carbons (Fsp3) is 0.500. The molecule has 1 aromatic rings. The summed E-state index contributed by atoms with van der Waals surface area (Å²) in [7, 11) is 1.24. The van der Waals surface area contributed by atoms with Gasteiger partial charge in [-0.2, -0.15) is 0 Å². The molecule has 1 aromatic heterocycles. The third-order valence-electron chi connectivity index (χ3n) is 2.37. The number of hydrogen-bond donors (Lipinski definition) is 1. The van der Waals surface area contributed by atoms with Crippen molar-refractivity contribution in [2.75, 3.05) is 19.0 Å². The molecule has 7 nitrogen and oxygen atoms in total. The molecule has 1 amide bonds. The second kappa shape index (κ2) is 4.96. The molecule has 0 spiro atoms. The second-order valence-corrected chi connectivity index (χ2v) is 3.56. The molecule has 0 aromatic carbocycles. The first-order valence-corrected chi connectivity index (χ1v) is 5.18. The summed E-state index contributed by atoms with van der Waals surface area (Å²) in [6.07, 6.45) is 1.09. The molecule has 1 aliphatic heterocycles. The Morgan fingerprint density at radius 2 is 2.41 bits per heavy atom. The van der Waals surface area contributed by atoms with E-state index >= 15 is 0 Å². The van der Waals surface area contributed by atoms with Gasteiger partial charge in [0.1, 0.15) is 6.10 Å². The molecule has 1 fully saturated rings. The Balaban J connectivity index is 1.96. The van der Waals surface area contributed by atoms with E-state index in [1.807, 2.05) is 0 Å². The first-order chi connectivity index (χ1) is 8.20. The lowest BCUT2D eigenvalue weighted by Gasteiger charge is -2.06. The summed E-state index contributed by atoms with van der Waals surface area (Å²) < 4.78 is 14.4. The largest absolute Gasteiger partial charge is 0.464 e. The van der Waals surface area contributed by atoms with Gasteiger partial charge in [0.15, 0.2) is 5.69 Å². The summed E-state index contributed by atoms with van der Waals surface area (Å²) in [5.74, 6) is -0.813. The van der Waals surface area contributed by atoms with Crippen LogP contribution < -0.4 is 5.32 Å². The van der Waals surface area contributed by atoms with Crippen molar-refractivity contribution in [1.29, 1.82) is 0 Å². The Kier molecular flexibility index (Phi) is 3.38. The standard InChI is InChI=1S/C10H12N2O5/c1-15-10(14)6-5-8(17-12-6)11-9(13)7-3-2-4-16-7/h5,7H,2-4H2,1H3,(H,11,13)/t7-/m1/s1. The van der Waals surface area contributed by atoms with Crippen LogP contribution in [0, 0.1) is 0 Å². The maximum absolute atomic E-state index is 11.6. The summed E-state index contributed by atoms with van der Waals surface area (Å²) in [4.78, 5) is 22.7. The van der Waals surface area contributed by atoms with Gasteiger partial charge in [0.05, 0.1) is 7.11 Å². The summed E-state index contributed by atoms with van der Waals surface area (Å²) >= 11 is 0. The molecule has 17 heavy (non-hydrogen) atoms. The Labute approximate surface area is 97.0 Å². The number of methoxy groups -OCH3 is 1. The highest BCUT2D eigenvalue weighted by atomic mass is 16.5. The number of esters is 1. The monoisotopic (exact) mass is 240 g/mol. The number of carbonyl (C=O) groups excluding carboxylic acids is 2. The lowest BCUT2D eigenvalue weighted by atomic mass is 10.2. The van der Waals surface area contributed by atoms with E-state index in [4.69, 9.17) is 9.26 Å². The smallest absolute Gasteiger partial charge is 0.360 e. The van der Waals surface area contributed by atoms with E-state index in [0.29, 0.717) is 13.0 Å². The van der Waals surface area contributed by atoms with Crippen LogP contribution in [0.4, 0.5) is 5.88 Å². The third kappa shape index (κ3) is 2.62. The molecule has 92 valence electrons. The Hall–Kier alpha value is -1.89. The van der Waals surface area contributed by atoms with Crippen molar-refractivity contribution in [3.05, 3.63) is 11.8 Å². The molecule has 2 heterocycles. The van der Waals surface area contributed by atoms with E-state index in [2.05, 4.69) is 15.2 Å². The minimum Gasteiger partial charge on any atom is -0.464 e. The maximum Gasteiger partial charge on any atom is 0.360 e. The van der Waals surface area contributed by atoms with E-state index in [0.717, 1.165) is 6.42 Å². The number of anilines is 1. The SMILES string of the molecule is COC(=O)c1cc(NC(=O)[C@H]2CCCO2)on1. The summed E-state index contributed by atoms with van der Waals surface area (Å²) in [6, 6.07) is 1.30. The number of nitrogens with zero attached hydrogens (tertiary/aromatic N) is 1. The molecule has 0 radical (unpaired) electrons. The van der Waals surface area contributed by atoms with Crippen LogP contribution in [0.3, 0.4) is 0 Å². The molecular weight excluding hydrogens is 228 g/mol. The maximum atomic E-state index is 11.6. The second-order valence-electron chi connectivity index (χ2n) is 3.56. The fourth-order valence-corrected chi connectivity index (χ4v) is 1.52. The van der Waals surface area contributed by atoms with Gasteiger partial charge in [-0.1, -0.05) is 5.16 Å². The van der Waals surface area contributed by atoms with Gasteiger partial charge in [0.25, 0.3) is 5.91 Å². The topological polar surface area (TPSA) is 90.7 Å². The zero-order valence-electron chi connectivity index (χ0n) is 9.26. The number of carbonyl (C=O) groups is 2. The zero-order chi connectivity index (χ0) is 12.3. The van der Waals surface area contributed by atoms with Crippen LogP contribution in [0.15, 0.2) is 10.6 Å². The van der Waals surface area contributed by atoms with Crippen molar-refractivity contribution in [3.8, 4) is 0 Å². The van der Waals surface area contributed by atoms with Gasteiger partial charge in [-0.15, -0.1) is 0 Å². The van der Waals surface area contributed by atoms with E-state index < -0.39 is 12.1 Å². The number of hydrogen-bond acceptors (Lipinski definition) is 6. The number of aromatic nitrogens is 1. The first kappa shape index (κ1) is 11.6. The first-order valence-electron chi connectivity index (χ1n) is 5.18. The van der Waals surface area contributed by atoms with E-state index in [9.17, 15) is 9.59 Å². The Morgan fingerprint density at radius 1 is 1.59 bits per heavy atom. The van der Waals surface area contributed by atoms with Crippen LogP contribution in [0.1, 0.15) is 23.3 Å². The molecule has 7 heteroatoms. The van der Waals surface area contributed by atoms with Gasteiger partial charge in [-0.05, 0) is 12.8 Å². The van der Waals surface area contributed by atoms with Crippen LogP contribution in [0.2, 0.25) is 0 Å².